The van der Waals surface area contributed by atoms with E-state index in [1.54, 1.807) is 0 Å². The van der Waals surface area contributed by atoms with Crippen molar-refractivity contribution >= 4 is 29.9 Å². The number of aryl methyl sites for hydroxylation is 1. The molecule has 2 aliphatic rings. The van der Waals surface area contributed by atoms with E-state index >= 15 is 0 Å². The molecule has 4 rings (SSSR count). The number of nitrogens with zero attached hydrogens (tertiary/aromatic N) is 5. The Morgan fingerprint density at radius 3 is 2.62 bits per heavy atom. The van der Waals surface area contributed by atoms with E-state index < -0.39 is 0 Å². The summed E-state index contributed by atoms with van der Waals surface area (Å²) in [5, 5.41) is 7.89. The minimum Gasteiger partial charge on any atom is -0.370 e. The van der Waals surface area contributed by atoms with Crippen LogP contribution in [0.2, 0.25) is 0 Å². The fourth-order valence-electron chi connectivity index (χ4n) is 4.50. The molecule has 2 saturated heterocycles. The van der Waals surface area contributed by atoms with Gasteiger partial charge in [-0.15, -0.1) is 24.0 Å². The molecule has 0 saturated carbocycles. The van der Waals surface area contributed by atoms with Crippen LogP contribution in [0.15, 0.2) is 41.7 Å². The minimum atomic E-state index is 0. The van der Waals surface area contributed by atoms with Crippen molar-refractivity contribution in [3.8, 4) is 0 Å². The second-order valence-electron chi connectivity index (χ2n) is 8.88. The monoisotopic (exact) mass is 552 g/mol. The number of likely N-dealkylation sites (tertiary alicyclic amines) is 1. The number of benzene rings is 1. The van der Waals surface area contributed by atoms with Gasteiger partial charge in [0.1, 0.15) is 6.10 Å². The number of guanidine groups is 1. The molecule has 176 valence electrons. The maximum Gasteiger partial charge on any atom is 0.194 e. The van der Waals surface area contributed by atoms with Crippen LogP contribution in [0.5, 0.6) is 0 Å². The standard InChI is InChI=1S/C24H36N6O.HI/c1-19-8-10-29(11-9-19)17-21-7-5-4-6-20(21)14-26-24(25-2)30-12-13-31-23(18-30)22-15-27-28(3)16-22;/h4-7,15-16,19,23H,8-14,17-18H2,1-3H3,(H,25,26);1H. The van der Waals surface area contributed by atoms with Crippen LogP contribution in [0.25, 0.3) is 0 Å². The molecule has 32 heavy (non-hydrogen) atoms. The smallest absolute Gasteiger partial charge is 0.194 e. The average molecular weight is 553 g/mol. The largest absolute Gasteiger partial charge is 0.370 e. The second-order valence-corrected chi connectivity index (χ2v) is 8.88. The van der Waals surface area contributed by atoms with Gasteiger partial charge in [-0.2, -0.15) is 5.10 Å². The lowest BCUT2D eigenvalue weighted by Crippen LogP contribution is -2.48. The third-order valence-electron chi connectivity index (χ3n) is 6.50. The number of hydrogen-bond donors (Lipinski definition) is 1. The van der Waals surface area contributed by atoms with Crippen molar-refractivity contribution in [3.63, 3.8) is 0 Å². The minimum absolute atomic E-state index is 0. The summed E-state index contributed by atoms with van der Waals surface area (Å²) in [6.45, 7) is 8.88. The summed E-state index contributed by atoms with van der Waals surface area (Å²) in [6, 6.07) is 8.79. The molecule has 3 heterocycles. The quantitative estimate of drug-likeness (QED) is 0.350. The molecule has 1 aromatic carbocycles. The van der Waals surface area contributed by atoms with Gasteiger partial charge < -0.3 is 15.0 Å². The molecular formula is C24H37IN6O. The highest BCUT2D eigenvalue weighted by Crippen LogP contribution is 2.22. The summed E-state index contributed by atoms with van der Waals surface area (Å²) in [5.41, 5.74) is 3.87. The van der Waals surface area contributed by atoms with Crippen LogP contribution in [0, 0.1) is 5.92 Å². The van der Waals surface area contributed by atoms with Gasteiger partial charge in [-0.25, -0.2) is 0 Å². The zero-order valence-electron chi connectivity index (χ0n) is 19.5. The van der Waals surface area contributed by atoms with Gasteiger partial charge in [-0.05, 0) is 43.0 Å². The van der Waals surface area contributed by atoms with Crippen molar-refractivity contribution in [2.75, 3.05) is 39.8 Å². The molecule has 2 aromatic rings. The first kappa shape index (κ1) is 25.0. The van der Waals surface area contributed by atoms with Crippen LogP contribution in [0.4, 0.5) is 0 Å². The molecule has 0 aliphatic carbocycles. The van der Waals surface area contributed by atoms with E-state index in [1.165, 1.54) is 37.1 Å². The van der Waals surface area contributed by atoms with Crippen molar-refractivity contribution in [2.24, 2.45) is 18.0 Å². The van der Waals surface area contributed by atoms with E-state index in [-0.39, 0.29) is 30.1 Å². The number of ether oxygens (including phenoxy) is 1. The Kier molecular flexibility index (Phi) is 9.36. The summed E-state index contributed by atoms with van der Waals surface area (Å²) in [7, 11) is 3.80. The van der Waals surface area contributed by atoms with E-state index in [9.17, 15) is 0 Å². The van der Waals surface area contributed by atoms with Gasteiger partial charge in [-0.1, -0.05) is 31.2 Å². The number of halogens is 1. The lowest BCUT2D eigenvalue weighted by Gasteiger charge is -2.35. The van der Waals surface area contributed by atoms with Gasteiger partial charge in [0.15, 0.2) is 5.96 Å². The molecule has 1 aromatic heterocycles. The second kappa shape index (κ2) is 12.0. The Morgan fingerprint density at radius 1 is 1.19 bits per heavy atom. The van der Waals surface area contributed by atoms with Crippen molar-refractivity contribution in [3.05, 3.63) is 53.3 Å². The van der Waals surface area contributed by atoms with E-state index in [0.717, 1.165) is 43.6 Å². The number of nitrogens with one attached hydrogen (secondary N) is 1. The van der Waals surface area contributed by atoms with Crippen LogP contribution in [0.3, 0.4) is 0 Å². The van der Waals surface area contributed by atoms with Crippen molar-refractivity contribution in [2.45, 2.75) is 39.0 Å². The van der Waals surface area contributed by atoms with Gasteiger partial charge >= 0.3 is 0 Å². The average Bonchev–Trinajstić information content (AvgIpc) is 3.23. The first-order chi connectivity index (χ1) is 15.1. The van der Waals surface area contributed by atoms with E-state index in [0.29, 0.717) is 6.61 Å². The molecule has 2 fully saturated rings. The fourth-order valence-corrected chi connectivity index (χ4v) is 4.50. The zero-order chi connectivity index (χ0) is 21.6. The van der Waals surface area contributed by atoms with Crippen molar-refractivity contribution in [1.29, 1.82) is 0 Å². The Labute approximate surface area is 209 Å². The molecule has 7 nitrogen and oxygen atoms in total. The van der Waals surface area contributed by atoms with E-state index in [4.69, 9.17) is 4.74 Å². The van der Waals surface area contributed by atoms with E-state index in [2.05, 4.69) is 56.4 Å². The molecule has 0 bridgehead atoms. The molecule has 8 heteroatoms. The number of piperidine rings is 1. The third-order valence-corrected chi connectivity index (χ3v) is 6.50. The number of rotatable bonds is 5. The molecule has 1 N–H and O–H groups in total. The van der Waals surface area contributed by atoms with Gasteiger partial charge in [0.25, 0.3) is 0 Å². The SMILES string of the molecule is CN=C(NCc1ccccc1CN1CCC(C)CC1)N1CCOC(c2cnn(C)c2)C1.I. The molecule has 2 aliphatic heterocycles. The maximum absolute atomic E-state index is 5.99. The Bertz CT molecular complexity index is 877. The van der Waals surface area contributed by atoms with Crippen LogP contribution >= 0.6 is 24.0 Å². The topological polar surface area (TPSA) is 57.9 Å². The Balaban J connectivity index is 0.00000289. The van der Waals surface area contributed by atoms with Gasteiger partial charge in [0.2, 0.25) is 0 Å². The van der Waals surface area contributed by atoms with Crippen LogP contribution in [-0.2, 0) is 24.9 Å². The summed E-state index contributed by atoms with van der Waals surface area (Å²) >= 11 is 0. The fraction of sp³-hybridized carbons (Fsp3) is 0.583. The van der Waals surface area contributed by atoms with Crippen molar-refractivity contribution in [1.82, 2.24) is 24.9 Å². The molecule has 1 atom stereocenters. The molecule has 0 spiro atoms. The third kappa shape index (κ3) is 6.45. The number of hydrogen-bond acceptors (Lipinski definition) is 4. The number of aliphatic imine (C=N–C) groups is 1. The Hall–Kier alpha value is -1.65. The predicted molar refractivity (Wildman–Crippen MR) is 139 cm³/mol. The lowest BCUT2D eigenvalue weighted by atomic mass is 9.98. The Morgan fingerprint density at radius 2 is 1.94 bits per heavy atom. The summed E-state index contributed by atoms with van der Waals surface area (Å²) < 4.78 is 7.82. The van der Waals surface area contributed by atoms with Gasteiger partial charge in [0.05, 0.1) is 19.3 Å². The number of aromatic nitrogens is 2. The molecular weight excluding hydrogens is 515 g/mol. The molecule has 0 radical (unpaired) electrons. The number of morpholine rings is 1. The lowest BCUT2D eigenvalue weighted by molar-refractivity contribution is -0.00805. The van der Waals surface area contributed by atoms with E-state index in [1.807, 2.05) is 31.2 Å². The predicted octanol–water partition coefficient (Wildman–Crippen LogP) is 3.42. The zero-order valence-corrected chi connectivity index (χ0v) is 21.9. The normalized spacial score (nSPS) is 20.8. The molecule has 0 amide bonds. The summed E-state index contributed by atoms with van der Waals surface area (Å²) in [5.74, 6) is 1.79. The first-order valence-electron chi connectivity index (χ1n) is 11.5. The highest BCUT2D eigenvalue weighted by Gasteiger charge is 2.25. The molecule has 1 unspecified atom stereocenters. The maximum atomic E-state index is 5.99. The first-order valence-corrected chi connectivity index (χ1v) is 11.5. The van der Waals surface area contributed by atoms with Crippen molar-refractivity contribution < 1.29 is 4.74 Å². The van der Waals surface area contributed by atoms with Crippen LogP contribution < -0.4 is 5.32 Å². The highest BCUT2D eigenvalue weighted by molar-refractivity contribution is 14.0. The van der Waals surface area contributed by atoms with Gasteiger partial charge in [-0.3, -0.25) is 14.6 Å². The van der Waals surface area contributed by atoms with Crippen LogP contribution in [-0.4, -0.2) is 65.4 Å². The van der Waals surface area contributed by atoms with Crippen LogP contribution in [0.1, 0.15) is 42.6 Å². The highest BCUT2D eigenvalue weighted by atomic mass is 127. The summed E-state index contributed by atoms with van der Waals surface area (Å²) in [6.07, 6.45) is 6.56. The summed E-state index contributed by atoms with van der Waals surface area (Å²) in [4.78, 5) is 9.44. The van der Waals surface area contributed by atoms with Gasteiger partial charge in [0, 0.05) is 45.5 Å².